The highest BCUT2D eigenvalue weighted by molar-refractivity contribution is 5.65. The number of ether oxygens (including phenoxy) is 1. The average Bonchev–Trinajstić information content (AvgIpc) is 2.96. The number of amides is 1. The summed E-state index contributed by atoms with van der Waals surface area (Å²) in [7, 11) is 0. The lowest BCUT2D eigenvalue weighted by atomic mass is 9.94. The third-order valence-corrected chi connectivity index (χ3v) is 4.47. The van der Waals surface area contributed by atoms with E-state index in [4.69, 9.17) is 5.11 Å². The highest BCUT2D eigenvalue weighted by Gasteiger charge is 2.36. The van der Waals surface area contributed by atoms with E-state index >= 15 is 0 Å². The van der Waals surface area contributed by atoms with E-state index in [0.29, 0.717) is 25.2 Å². The second-order valence-electron chi connectivity index (χ2n) is 6.46. The van der Waals surface area contributed by atoms with E-state index in [-0.39, 0.29) is 11.7 Å². The molecular weight excluding hydrogens is 361 g/mol. The molecule has 1 fully saturated rings. The fraction of sp³-hybridized carbons (Fsp3) is 0.316. The molecule has 1 aliphatic heterocycles. The van der Waals surface area contributed by atoms with Crippen LogP contribution in [0.5, 0.6) is 5.75 Å². The van der Waals surface area contributed by atoms with E-state index in [1.54, 1.807) is 6.07 Å². The largest absolute Gasteiger partial charge is 0.573 e. The number of nitrogens with zero attached hydrogens (tertiary/aromatic N) is 1. The zero-order chi connectivity index (χ0) is 19.4. The highest BCUT2D eigenvalue weighted by atomic mass is 19.4. The Morgan fingerprint density at radius 2 is 1.89 bits per heavy atom. The lowest BCUT2D eigenvalue weighted by molar-refractivity contribution is -0.274. The number of carbonyl (C=O) groups is 1. The second-order valence-corrected chi connectivity index (χ2v) is 6.46. The Labute approximate surface area is 154 Å². The van der Waals surface area contributed by atoms with Crippen molar-refractivity contribution in [1.82, 2.24) is 10.2 Å². The smallest absolute Gasteiger partial charge is 0.465 e. The molecule has 0 saturated carbocycles. The van der Waals surface area contributed by atoms with Crippen LogP contribution in [-0.2, 0) is 6.54 Å². The van der Waals surface area contributed by atoms with Crippen LogP contribution in [0.1, 0.15) is 17.0 Å². The van der Waals surface area contributed by atoms with Gasteiger partial charge in [-0.15, -0.1) is 13.2 Å². The first-order valence-corrected chi connectivity index (χ1v) is 8.41. The van der Waals surface area contributed by atoms with Crippen molar-refractivity contribution < 1.29 is 27.8 Å². The molecule has 8 heteroatoms. The van der Waals surface area contributed by atoms with Gasteiger partial charge in [-0.05, 0) is 23.3 Å². The Bertz CT molecular complexity index is 783. The summed E-state index contributed by atoms with van der Waals surface area (Å²) in [6.07, 6.45) is -5.93. The Morgan fingerprint density at radius 1 is 1.15 bits per heavy atom. The topological polar surface area (TPSA) is 61.8 Å². The minimum atomic E-state index is -4.77. The van der Waals surface area contributed by atoms with Crippen LogP contribution >= 0.6 is 0 Å². The van der Waals surface area contributed by atoms with Crippen molar-refractivity contribution in [1.29, 1.82) is 0 Å². The fourth-order valence-electron chi connectivity index (χ4n) is 3.44. The Balaban J connectivity index is 1.79. The second kappa shape index (κ2) is 7.87. The molecule has 2 atom stereocenters. The van der Waals surface area contributed by atoms with Crippen LogP contribution in [0.25, 0.3) is 0 Å². The Morgan fingerprint density at radius 3 is 2.56 bits per heavy atom. The minimum Gasteiger partial charge on any atom is -0.465 e. The molecule has 2 aromatic rings. The van der Waals surface area contributed by atoms with Gasteiger partial charge in [0, 0.05) is 25.6 Å². The van der Waals surface area contributed by atoms with Gasteiger partial charge in [0.2, 0.25) is 0 Å². The standard InChI is InChI=1S/C19H19F3N2O3/c20-19(21,22)27-15-8-4-7-14(9-15)16-11-24(12-17(16)23-18(25)26)10-13-5-2-1-3-6-13/h1-9,16-17,23H,10-12H2,(H,25,26). The van der Waals surface area contributed by atoms with Gasteiger partial charge in [-0.2, -0.15) is 0 Å². The summed E-state index contributed by atoms with van der Waals surface area (Å²) in [6, 6.07) is 15.0. The number of nitrogens with one attached hydrogen (secondary N) is 1. The number of rotatable bonds is 5. The minimum absolute atomic E-state index is 0.276. The van der Waals surface area contributed by atoms with Gasteiger partial charge in [-0.25, -0.2) is 4.79 Å². The number of carboxylic acid groups (broad SMARTS) is 1. The number of hydrogen-bond acceptors (Lipinski definition) is 3. The SMILES string of the molecule is O=C(O)NC1CN(Cc2ccccc2)CC1c1cccc(OC(F)(F)F)c1. The van der Waals surface area contributed by atoms with E-state index in [1.165, 1.54) is 18.2 Å². The van der Waals surface area contributed by atoms with Crippen LogP contribution in [-0.4, -0.2) is 41.6 Å². The molecule has 5 nitrogen and oxygen atoms in total. The maximum absolute atomic E-state index is 12.5. The number of benzene rings is 2. The molecule has 27 heavy (non-hydrogen) atoms. The molecule has 1 aliphatic rings. The zero-order valence-corrected chi connectivity index (χ0v) is 14.3. The van der Waals surface area contributed by atoms with Gasteiger partial charge < -0.3 is 15.2 Å². The number of halogens is 3. The molecule has 0 spiro atoms. The molecule has 0 aromatic heterocycles. The van der Waals surface area contributed by atoms with Crippen LogP contribution in [0.2, 0.25) is 0 Å². The summed E-state index contributed by atoms with van der Waals surface area (Å²) in [4.78, 5) is 13.2. The van der Waals surface area contributed by atoms with Crippen LogP contribution in [0.3, 0.4) is 0 Å². The molecule has 0 bridgehead atoms. The molecule has 2 aromatic carbocycles. The van der Waals surface area contributed by atoms with Crippen molar-refractivity contribution in [2.75, 3.05) is 13.1 Å². The van der Waals surface area contributed by atoms with E-state index < -0.39 is 18.5 Å². The first-order chi connectivity index (χ1) is 12.8. The lowest BCUT2D eigenvalue weighted by Gasteiger charge is -2.19. The van der Waals surface area contributed by atoms with E-state index in [2.05, 4.69) is 15.0 Å². The zero-order valence-electron chi connectivity index (χ0n) is 14.3. The van der Waals surface area contributed by atoms with Crippen LogP contribution in [0.4, 0.5) is 18.0 Å². The van der Waals surface area contributed by atoms with E-state index in [1.807, 2.05) is 30.3 Å². The molecule has 2 N–H and O–H groups in total. The number of likely N-dealkylation sites (tertiary alicyclic amines) is 1. The van der Waals surface area contributed by atoms with Gasteiger partial charge >= 0.3 is 12.5 Å². The quantitative estimate of drug-likeness (QED) is 0.828. The monoisotopic (exact) mass is 380 g/mol. The Kier molecular flexibility index (Phi) is 5.55. The molecule has 0 aliphatic carbocycles. The summed E-state index contributed by atoms with van der Waals surface area (Å²) in [6.45, 7) is 1.62. The molecule has 144 valence electrons. The van der Waals surface area contributed by atoms with Gasteiger partial charge in [0.25, 0.3) is 0 Å². The third-order valence-electron chi connectivity index (χ3n) is 4.47. The maximum atomic E-state index is 12.5. The summed E-state index contributed by atoms with van der Waals surface area (Å²) in [5.41, 5.74) is 1.69. The lowest BCUT2D eigenvalue weighted by Crippen LogP contribution is -2.38. The number of alkyl halides is 3. The summed E-state index contributed by atoms with van der Waals surface area (Å²) in [5.74, 6) is -0.586. The van der Waals surface area contributed by atoms with Crippen LogP contribution in [0, 0.1) is 0 Å². The molecule has 1 heterocycles. The molecule has 0 radical (unpaired) electrons. The van der Waals surface area contributed by atoms with Crippen molar-refractivity contribution in [3.63, 3.8) is 0 Å². The first-order valence-electron chi connectivity index (χ1n) is 8.41. The van der Waals surface area contributed by atoms with E-state index in [0.717, 1.165) is 5.56 Å². The number of hydrogen-bond donors (Lipinski definition) is 2. The predicted molar refractivity (Wildman–Crippen MR) is 92.5 cm³/mol. The normalized spacial score (nSPS) is 20.4. The van der Waals surface area contributed by atoms with Gasteiger partial charge in [0.05, 0.1) is 6.04 Å². The highest BCUT2D eigenvalue weighted by Crippen LogP contribution is 2.32. The molecule has 1 amide bonds. The van der Waals surface area contributed by atoms with Gasteiger partial charge in [0.15, 0.2) is 0 Å². The Hall–Kier alpha value is -2.74. The van der Waals surface area contributed by atoms with Crippen molar-refractivity contribution in [2.24, 2.45) is 0 Å². The first kappa shape index (κ1) is 19.0. The summed E-state index contributed by atoms with van der Waals surface area (Å²) in [5, 5.41) is 11.6. The molecular formula is C19H19F3N2O3. The summed E-state index contributed by atoms with van der Waals surface area (Å²) < 4.78 is 41.4. The van der Waals surface area contributed by atoms with Gasteiger partial charge in [-0.3, -0.25) is 4.90 Å². The maximum Gasteiger partial charge on any atom is 0.573 e. The van der Waals surface area contributed by atoms with Gasteiger partial charge in [-0.1, -0.05) is 42.5 Å². The average molecular weight is 380 g/mol. The van der Waals surface area contributed by atoms with Crippen LogP contribution < -0.4 is 10.1 Å². The molecule has 2 unspecified atom stereocenters. The molecule has 1 saturated heterocycles. The summed E-state index contributed by atoms with van der Waals surface area (Å²) >= 11 is 0. The molecule has 3 rings (SSSR count). The predicted octanol–water partition coefficient (Wildman–Crippen LogP) is 3.82. The van der Waals surface area contributed by atoms with Crippen molar-refractivity contribution in [2.45, 2.75) is 24.9 Å². The van der Waals surface area contributed by atoms with Crippen molar-refractivity contribution in [3.8, 4) is 5.75 Å². The third kappa shape index (κ3) is 5.37. The fourth-order valence-corrected chi connectivity index (χ4v) is 3.44. The van der Waals surface area contributed by atoms with Gasteiger partial charge in [0.1, 0.15) is 5.75 Å². The van der Waals surface area contributed by atoms with Crippen molar-refractivity contribution >= 4 is 6.09 Å². The van der Waals surface area contributed by atoms with E-state index in [9.17, 15) is 18.0 Å². The van der Waals surface area contributed by atoms with Crippen LogP contribution in [0.15, 0.2) is 54.6 Å². The van der Waals surface area contributed by atoms with Crippen molar-refractivity contribution in [3.05, 3.63) is 65.7 Å².